The normalized spacial score (nSPS) is 12.6. The fraction of sp³-hybridized carbons (Fsp3) is 0.125. The molecule has 0 heterocycles. The topological polar surface area (TPSA) is 77.8 Å². The molecular weight excluding hydrogens is 248 g/mol. The van der Waals surface area contributed by atoms with Crippen molar-refractivity contribution in [3.8, 4) is 0 Å². The SMILES string of the molecule is O=C(c1cccc(C(F)(F)F)c1)[P+](O)(O)O. The van der Waals surface area contributed by atoms with Crippen molar-refractivity contribution in [2.45, 2.75) is 6.18 Å². The summed E-state index contributed by atoms with van der Waals surface area (Å²) >= 11 is 0. The number of carbonyl (C=O) groups excluding carboxylic acids is 1. The van der Waals surface area contributed by atoms with Gasteiger partial charge in [-0.1, -0.05) is 6.07 Å². The maximum Gasteiger partial charge on any atom is 0.483 e. The van der Waals surface area contributed by atoms with Crippen molar-refractivity contribution >= 4 is 13.5 Å². The first kappa shape index (κ1) is 13.1. The molecule has 0 aliphatic rings. The summed E-state index contributed by atoms with van der Waals surface area (Å²) < 4.78 is 36.7. The molecule has 0 saturated heterocycles. The van der Waals surface area contributed by atoms with Gasteiger partial charge < -0.3 is 0 Å². The van der Waals surface area contributed by atoms with Gasteiger partial charge in [0.25, 0.3) is 0 Å². The van der Waals surface area contributed by atoms with Gasteiger partial charge in [-0.25, -0.2) is 4.79 Å². The average Bonchev–Trinajstić information content (AvgIpc) is 2.14. The van der Waals surface area contributed by atoms with E-state index in [1.54, 1.807) is 0 Å². The van der Waals surface area contributed by atoms with Gasteiger partial charge in [-0.15, -0.1) is 0 Å². The van der Waals surface area contributed by atoms with Gasteiger partial charge in [0, 0.05) is 0 Å². The first-order valence-electron chi connectivity index (χ1n) is 3.92. The molecule has 4 nitrogen and oxygen atoms in total. The zero-order valence-electron chi connectivity index (χ0n) is 7.64. The van der Waals surface area contributed by atoms with Crippen LogP contribution in [0.3, 0.4) is 0 Å². The molecule has 3 N–H and O–H groups in total. The van der Waals surface area contributed by atoms with E-state index in [2.05, 4.69) is 0 Å². The second-order valence-corrected chi connectivity index (χ2v) is 4.49. The quantitative estimate of drug-likeness (QED) is 0.701. The molecule has 1 rings (SSSR count). The number of alkyl halides is 3. The molecule has 0 spiro atoms. The Morgan fingerprint density at radius 1 is 1.19 bits per heavy atom. The predicted molar refractivity (Wildman–Crippen MR) is 49.4 cm³/mol. The van der Waals surface area contributed by atoms with E-state index < -0.39 is 30.8 Å². The van der Waals surface area contributed by atoms with Gasteiger partial charge >= 0.3 is 19.6 Å². The fourth-order valence-electron chi connectivity index (χ4n) is 1.00. The number of rotatable bonds is 2. The van der Waals surface area contributed by atoms with Crippen LogP contribution in [-0.4, -0.2) is 20.2 Å². The molecule has 8 heteroatoms. The highest BCUT2D eigenvalue weighted by Crippen LogP contribution is 2.48. The van der Waals surface area contributed by atoms with E-state index in [0.717, 1.165) is 18.2 Å². The summed E-state index contributed by atoms with van der Waals surface area (Å²) in [7, 11) is -4.81. The molecule has 1 aromatic carbocycles. The molecule has 0 amide bonds. The monoisotopic (exact) mass is 255 g/mol. The second-order valence-electron chi connectivity index (χ2n) is 2.95. The molecule has 0 radical (unpaired) electrons. The summed E-state index contributed by atoms with van der Waals surface area (Å²) in [6.45, 7) is 0. The predicted octanol–water partition coefficient (Wildman–Crippen LogP) is 1.59. The van der Waals surface area contributed by atoms with E-state index in [9.17, 15) is 18.0 Å². The lowest BCUT2D eigenvalue weighted by atomic mass is 10.1. The first-order chi connectivity index (χ1) is 7.12. The molecule has 1 aromatic rings. The van der Waals surface area contributed by atoms with Crippen molar-refractivity contribution in [3.63, 3.8) is 0 Å². The standard InChI is InChI=1S/C8H7F3O4P/c9-8(10,11)6-3-1-2-5(4-6)7(12)16(13,14)15/h1-4,13-15H/q+1. The Labute approximate surface area is 88.5 Å². The molecule has 88 valence electrons. The molecule has 0 aliphatic heterocycles. The van der Waals surface area contributed by atoms with E-state index in [-0.39, 0.29) is 0 Å². The molecule has 0 unspecified atom stereocenters. The summed E-state index contributed by atoms with van der Waals surface area (Å²) in [5.74, 6) is 0. The van der Waals surface area contributed by atoms with Gasteiger partial charge in [-0.05, 0) is 18.2 Å². The highest BCUT2D eigenvalue weighted by molar-refractivity contribution is 7.76. The Morgan fingerprint density at radius 2 is 1.75 bits per heavy atom. The van der Waals surface area contributed by atoms with E-state index in [0.29, 0.717) is 6.07 Å². The van der Waals surface area contributed by atoms with Gasteiger partial charge in [0.1, 0.15) is 0 Å². The van der Waals surface area contributed by atoms with Gasteiger partial charge in [-0.2, -0.15) is 27.9 Å². The lowest BCUT2D eigenvalue weighted by Gasteiger charge is -2.07. The van der Waals surface area contributed by atoms with Gasteiger partial charge in [-0.3, -0.25) is 0 Å². The molecule has 0 atom stereocenters. The minimum Gasteiger partial charge on any atom is -0.238 e. The van der Waals surface area contributed by atoms with Crippen molar-refractivity contribution in [2.24, 2.45) is 0 Å². The smallest absolute Gasteiger partial charge is 0.238 e. The first-order valence-corrected chi connectivity index (χ1v) is 5.56. The summed E-state index contributed by atoms with van der Waals surface area (Å²) in [6.07, 6.45) is -4.64. The Morgan fingerprint density at radius 3 is 2.19 bits per heavy atom. The maximum atomic E-state index is 12.2. The van der Waals surface area contributed by atoms with Crippen LogP contribution in [0.4, 0.5) is 13.2 Å². The summed E-state index contributed by atoms with van der Waals surface area (Å²) in [6, 6.07) is 3.06. The molecule has 16 heavy (non-hydrogen) atoms. The van der Waals surface area contributed by atoms with Crippen molar-refractivity contribution in [1.29, 1.82) is 0 Å². The zero-order chi connectivity index (χ0) is 12.6. The maximum absolute atomic E-state index is 12.2. The van der Waals surface area contributed by atoms with Gasteiger partial charge in [0.15, 0.2) is 0 Å². The Kier molecular flexibility index (Phi) is 3.35. The van der Waals surface area contributed by atoms with Crippen LogP contribution in [0.2, 0.25) is 0 Å². The van der Waals surface area contributed by atoms with Crippen LogP contribution in [0.15, 0.2) is 24.3 Å². The Hall–Kier alpha value is -1.01. The minimum absolute atomic E-state index is 0.444. The van der Waals surface area contributed by atoms with Crippen molar-refractivity contribution in [2.75, 3.05) is 0 Å². The average molecular weight is 255 g/mol. The van der Waals surface area contributed by atoms with Gasteiger partial charge in [0.05, 0.1) is 11.1 Å². The molecule has 0 aliphatic carbocycles. The third-order valence-electron chi connectivity index (χ3n) is 1.71. The third-order valence-corrected chi connectivity index (χ3v) is 2.51. The van der Waals surface area contributed by atoms with E-state index in [1.165, 1.54) is 0 Å². The number of carbonyl (C=O) groups is 1. The lowest BCUT2D eigenvalue weighted by Crippen LogP contribution is -2.09. The second kappa shape index (κ2) is 4.10. The number of hydrogen-bond acceptors (Lipinski definition) is 4. The van der Waals surface area contributed by atoms with Crippen LogP contribution >= 0.6 is 7.94 Å². The molecular formula is C8H7F3O4P+. The fourth-order valence-corrected chi connectivity index (χ4v) is 1.49. The van der Waals surface area contributed by atoms with Crippen LogP contribution < -0.4 is 0 Å². The highest BCUT2D eigenvalue weighted by Gasteiger charge is 2.44. The zero-order valence-corrected chi connectivity index (χ0v) is 8.53. The third kappa shape index (κ3) is 2.99. The lowest BCUT2D eigenvalue weighted by molar-refractivity contribution is -0.137. The Balaban J connectivity index is 3.14. The van der Waals surface area contributed by atoms with Gasteiger partial charge in [0.2, 0.25) is 0 Å². The number of hydrogen-bond donors (Lipinski definition) is 3. The Bertz CT molecular complexity index is 410. The summed E-state index contributed by atoms with van der Waals surface area (Å²) in [5, 5.41) is 0. The molecule has 0 aromatic heterocycles. The number of halogens is 3. The summed E-state index contributed by atoms with van der Waals surface area (Å²) in [4.78, 5) is 37.0. The van der Waals surface area contributed by atoms with E-state index in [4.69, 9.17) is 14.7 Å². The van der Waals surface area contributed by atoms with Crippen molar-refractivity contribution in [1.82, 2.24) is 0 Å². The summed E-state index contributed by atoms with van der Waals surface area (Å²) in [5.41, 5.74) is -3.22. The van der Waals surface area contributed by atoms with E-state index >= 15 is 0 Å². The van der Waals surface area contributed by atoms with Crippen LogP contribution in [0.25, 0.3) is 0 Å². The highest BCUT2D eigenvalue weighted by atomic mass is 31.2. The largest absolute Gasteiger partial charge is 0.483 e. The van der Waals surface area contributed by atoms with Crippen molar-refractivity contribution in [3.05, 3.63) is 35.4 Å². The van der Waals surface area contributed by atoms with Crippen LogP contribution in [0.1, 0.15) is 15.9 Å². The van der Waals surface area contributed by atoms with Crippen LogP contribution in [0.5, 0.6) is 0 Å². The number of benzene rings is 1. The minimum atomic E-state index is -4.81. The van der Waals surface area contributed by atoms with Crippen LogP contribution in [-0.2, 0) is 6.18 Å². The molecule has 0 saturated carbocycles. The van der Waals surface area contributed by atoms with Crippen molar-refractivity contribution < 1.29 is 32.6 Å². The molecule has 0 fully saturated rings. The van der Waals surface area contributed by atoms with Crippen LogP contribution in [0, 0.1) is 0 Å². The van der Waals surface area contributed by atoms with E-state index in [1.807, 2.05) is 0 Å². The molecule has 0 bridgehead atoms.